The van der Waals surface area contributed by atoms with E-state index in [0.717, 1.165) is 31.7 Å². The fraction of sp³-hybridized carbons (Fsp3) is 0.538. The smallest absolute Gasteiger partial charge is 0.418 e. The first kappa shape index (κ1) is 13.1. The summed E-state index contributed by atoms with van der Waals surface area (Å²) in [5.41, 5.74) is -0.510. The van der Waals surface area contributed by atoms with Crippen molar-refractivity contribution >= 4 is 5.69 Å². The first-order chi connectivity index (χ1) is 8.50. The van der Waals surface area contributed by atoms with Gasteiger partial charge in [0.2, 0.25) is 0 Å². The molecule has 0 spiro atoms. The Labute approximate surface area is 104 Å². The van der Waals surface area contributed by atoms with Gasteiger partial charge in [-0.2, -0.15) is 13.2 Å². The van der Waals surface area contributed by atoms with Crippen molar-refractivity contribution < 1.29 is 17.9 Å². The Morgan fingerprint density at radius 1 is 1.22 bits per heavy atom. The number of hydrogen-bond acceptors (Lipinski definition) is 2. The molecule has 1 aliphatic rings. The molecule has 2 nitrogen and oxygen atoms in total. The van der Waals surface area contributed by atoms with Crippen LogP contribution in [0.4, 0.5) is 18.9 Å². The highest BCUT2D eigenvalue weighted by Crippen LogP contribution is 2.38. The second kappa shape index (κ2) is 5.08. The lowest BCUT2D eigenvalue weighted by molar-refractivity contribution is -0.137. The molecular weight excluding hydrogens is 243 g/mol. The van der Waals surface area contributed by atoms with Crippen molar-refractivity contribution in [1.82, 2.24) is 0 Å². The molecule has 0 radical (unpaired) electrons. The minimum absolute atomic E-state index is 0.148. The van der Waals surface area contributed by atoms with E-state index in [9.17, 15) is 13.2 Å². The molecule has 18 heavy (non-hydrogen) atoms. The van der Waals surface area contributed by atoms with Crippen LogP contribution in [0.25, 0.3) is 0 Å². The average Bonchev–Trinajstić information content (AvgIpc) is 2.81. The van der Waals surface area contributed by atoms with Crippen LogP contribution >= 0.6 is 0 Å². The van der Waals surface area contributed by atoms with Crippen molar-refractivity contribution in [3.8, 4) is 5.75 Å². The number of halogens is 3. The highest BCUT2D eigenvalue weighted by Gasteiger charge is 2.34. The zero-order valence-corrected chi connectivity index (χ0v) is 10.2. The van der Waals surface area contributed by atoms with Crippen molar-refractivity contribution in [2.24, 2.45) is 0 Å². The number of benzene rings is 1. The van der Waals surface area contributed by atoms with E-state index in [1.807, 2.05) is 0 Å². The van der Waals surface area contributed by atoms with E-state index in [4.69, 9.17) is 4.74 Å². The number of hydrogen-bond donors (Lipinski definition) is 1. The van der Waals surface area contributed by atoms with Crippen molar-refractivity contribution in [3.05, 3.63) is 23.8 Å². The van der Waals surface area contributed by atoms with Gasteiger partial charge in [-0.05, 0) is 31.0 Å². The molecule has 0 heterocycles. The summed E-state index contributed by atoms with van der Waals surface area (Å²) in [4.78, 5) is 0. The molecule has 0 amide bonds. The zero-order valence-electron chi connectivity index (χ0n) is 10.2. The molecule has 1 aromatic carbocycles. The third kappa shape index (κ3) is 2.89. The van der Waals surface area contributed by atoms with Gasteiger partial charge in [-0.25, -0.2) is 0 Å². The van der Waals surface area contributed by atoms with Crippen LogP contribution in [0, 0.1) is 0 Å². The Bertz CT molecular complexity index is 411. The third-order valence-electron chi connectivity index (χ3n) is 3.25. The average molecular weight is 259 g/mol. The monoisotopic (exact) mass is 259 g/mol. The molecule has 1 saturated carbocycles. The van der Waals surface area contributed by atoms with Crippen LogP contribution in [0.2, 0.25) is 0 Å². The Hall–Kier alpha value is -1.39. The zero-order chi connectivity index (χ0) is 13.2. The van der Waals surface area contributed by atoms with Gasteiger partial charge in [0.05, 0.1) is 12.7 Å². The molecule has 1 aromatic rings. The molecule has 0 atom stereocenters. The summed E-state index contributed by atoms with van der Waals surface area (Å²) in [6, 6.07) is 4.18. The highest BCUT2D eigenvalue weighted by atomic mass is 19.4. The van der Waals surface area contributed by atoms with Crippen LogP contribution in [0.3, 0.4) is 0 Å². The molecule has 1 aliphatic carbocycles. The van der Waals surface area contributed by atoms with Gasteiger partial charge in [-0.3, -0.25) is 0 Å². The molecule has 1 fully saturated rings. The molecular formula is C13H16F3NO. The summed E-state index contributed by atoms with van der Waals surface area (Å²) < 4.78 is 43.7. The summed E-state index contributed by atoms with van der Waals surface area (Å²) in [5, 5.41) is 2.99. The van der Waals surface area contributed by atoms with E-state index in [0.29, 0.717) is 0 Å². The molecule has 0 saturated heterocycles. The third-order valence-corrected chi connectivity index (χ3v) is 3.25. The molecule has 100 valence electrons. The predicted octanol–water partition coefficient (Wildman–Crippen LogP) is 4.07. The number of rotatable bonds is 3. The van der Waals surface area contributed by atoms with E-state index in [1.165, 1.54) is 13.2 Å². The maximum absolute atomic E-state index is 12.9. The van der Waals surface area contributed by atoms with Crippen LogP contribution in [0.1, 0.15) is 31.2 Å². The maximum Gasteiger partial charge on any atom is 0.418 e. The van der Waals surface area contributed by atoms with Gasteiger partial charge in [0, 0.05) is 11.7 Å². The lowest BCUT2D eigenvalue weighted by Gasteiger charge is -2.19. The fourth-order valence-corrected chi connectivity index (χ4v) is 2.30. The quantitative estimate of drug-likeness (QED) is 0.883. The highest BCUT2D eigenvalue weighted by molar-refractivity contribution is 5.56. The van der Waals surface area contributed by atoms with Crippen molar-refractivity contribution in [3.63, 3.8) is 0 Å². The van der Waals surface area contributed by atoms with Crippen LogP contribution in [-0.4, -0.2) is 13.2 Å². The number of alkyl halides is 3. The predicted molar refractivity (Wildman–Crippen MR) is 63.9 cm³/mol. The topological polar surface area (TPSA) is 21.3 Å². The second-order valence-corrected chi connectivity index (χ2v) is 4.53. The van der Waals surface area contributed by atoms with Crippen LogP contribution < -0.4 is 10.1 Å². The van der Waals surface area contributed by atoms with Gasteiger partial charge in [0.1, 0.15) is 5.75 Å². The standard InChI is InChI=1S/C13H16F3NO/c1-18-10-6-7-12(11(8-10)13(14,15)16)17-9-4-2-3-5-9/h6-9,17H,2-5H2,1H3. The van der Waals surface area contributed by atoms with Gasteiger partial charge >= 0.3 is 6.18 Å². The Morgan fingerprint density at radius 2 is 1.89 bits per heavy atom. The maximum atomic E-state index is 12.9. The number of methoxy groups -OCH3 is 1. The Balaban J connectivity index is 2.27. The van der Waals surface area contributed by atoms with Crippen molar-refractivity contribution in [2.45, 2.75) is 37.9 Å². The number of ether oxygens (including phenoxy) is 1. The van der Waals surface area contributed by atoms with Gasteiger partial charge in [-0.1, -0.05) is 12.8 Å². The van der Waals surface area contributed by atoms with Crippen LogP contribution in [0.15, 0.2) is 18.2 Å². The van der Waals surface area contributed by atoms with E-state index in [1.54, 1.807) is 6.07 Å². The molecule has 1 N–H and O–H groups in total. The molecule has 2 rings (SSSR count). The summed E-state index contributed by atoms with van der Waals surface area (Å²) in [7, 11) is 1.36. The second-order valence-electron chi connectivity index (χ2n) is 4.53. The van der Waals surface area contributed by atoms with Gasteiger partial charge in [0.15, 0.2) is 0 Å². The Morgan fingerprint density at radius 3 is 2.44 bits per heavy atom. The minimum atomic E-state index is -4.37. The molecule has 0 unspecified atom stereocenters. The first-order valence-electron chi connectivity index (χ1n) is 6.02. The number of anilines is 1. The van der Waals surface area contributed by atoms with E-state index in [2.05, 4.69) is 5.32 Å². The SMILES string of the molecule is COc1ccc(NC2CCCC2)c(C(F)(F)F)c1. The number of nitrogens with one attached hydrogen (secondary N) is 1. The van der Waals surface area contributed by atoms with Crippen LogP contribution in [0.5, 0.6) is 5.75 Å². The first-order valence-corrected chi connectivity index (χ1v) is 6.02. The molecule has 5 heteroatoms. The lowest BCUT2D eigenvalue weighted by Crippen LogP contribution is -2.18. The normalized spacial score (nSPS) is 16.9. The summed E-state index contributed by atoms with van der Waals surface area (Å²) in [6.45, 7) is 0. The van der Waals surface area contributed by atoms with Gasteiger partial charge < -0.3 is 10.1 Å². The summed E-state index contributed by atoms with van der Waals surface area (Å²) >= 11 is 0. The summed E-state index contributed by atoms with van der Waals surface area (Å²) in [6.07, 6.45) is -0.341. The van der Waals surface area contributed by atoms with Crippen molar-refractivity contribution in [1.29, 1.82) is 0 Å². The lowest BCUT2D eigenvalue weighted by atomic mass is 10.1. The largest absolute Gasteiger partial charge is 0.497 e. The van der Waals surface area contributed by atoms with Gasteiger partial charge in [0.25, 0.3) is 0 Å². The van der Waals surface area contributed by atoms with E-state index < -0.39 is 11.7 Å². The Kier molecular flexibility index (Phi) is 3.68. The fourth-order valence-electron chi connectivity index (χ4n) is 2.30. The van der Waals surface area contributed by atoms with E-state index >= 15 is 0 Å². The van der Waals surface area contributed by atoms with E-state index in [-0.39, 0.29) is 17.5 Å². The van der Waals surface area contributed by atoms with Crippen molar-refractivity contribution in [2.75, 3.05) is 12.4 Å². The molecule has 0 aliphatic heterocycles. The minimum Gasteiger partial charge on any atom is -0.497 e. The summed E-state index contributed by atoms with van der Waals surface area (Å²) in [5.74, 6) is 0.222. The molecule has 0 aromatic heterocycles. The molecule has 0 bridgehead atoms. The van der Waals surface area contributed by atoms with Gasteiger partial charge in [-0.15, -0.1) is 0 Å². The van der Waals surface area contributed by atoms with Crippen LogP contribution in [-0.2, 0) is 6.18 Å².